The lowest BCUT2D eigenvalue weighted by atomic mass is 9.79. The van der Waals surface area contributed by atoms with Gasteiger partial charge in [0.2, 0.25) is 6.29 Å². The van der Waals surface area contributed by atoms with E-state index in [4.69, 9.17) is 28.8 Å². The molecule has 3 rings (SSSR count). The Labute approximate surface area is 233 Å². The zero-order chi connectivity index (χ0) is 29.2. The van der Waals surface area contributed by atoms with Crippen molar-refractivity contribution in [1.82, 2.24) is 0 Å². The number of rotatable bonds is 13. The van der Waals surface area contributed by atoms with E-state index in [-0.39, 0.29) is 48.7 Å². The zero-order valence-electron chi connectivity index (χ0n) is 22.9. The quantitative estimate of drug-likeness (QED) is 0.215. The molecule has 0 aliphatic carbocycles. The van der Waals surface area contributed by atoms with Crippen LogP contribution in [0.25, 0.3) is 0 Å². The third kappa shape index (κ3) is 7.91. The first-order valence-corrected chi connectivity index (χ1v) is 13.0. The summed E-state index contributed by atoms with van der Waals surface area (Å²) in [7, 11) is 0. The van der Waals surface area contributed by atoms with Crippen LogP contribution in [-0.2, 0) is 25.6 Å². The molecule has 1 saturated heterocycles. The van der Waals surface area contributed by atoms with Gasteiger partial charge in [0.1, 0.15) is 37.4 Å². The highest BCUT2D eigenvalue weighted by Gasteiger charge is 2.44. The fourth-order valence-corrected chi connectivity index (χ4v) is 4.18. The zero-order valence-corrected chi connectivity index (χ0v) is 22.9. The van der Waals surface area contributed by atoms with Gasteiger partial charge in [-0.15, -0.1) is 0 Å². The molecule has 2 aromatic carbocycles. The summed E-state index contributed by atoms with van der Waals surface area (Å²) in [5.74, 6) is -0.436. The maximum Gasteiger partial charge on any atom is 0.338 e. The van der Waals surface area contributed by atoms with Crippen LogP contribution in [0.2, 0.25) is 0 Å². The summed E-state index contributed by atoms with van der Waals surface area (Å²) in [6.45, 7) is 8.95. The Balaban J connectivity index is 1.62. The molecule has 0 amide bonds. The Kier molecular flexibility index (Phi) is 11.2. The molecule has 0 saturated carbocycles. The minimum atomic E-state index is -1.13. The third-order valence-corrected chi connectivity index (χ3v) is 6.99. The van der Waals surface area contributed by atoms with Gasteiger partial charge in [0, 0.05) is 5.92 Å². The molecule has 2 unspecified atom stereocenters. The van der Waals surface area contributed by atoms with Gasteiger partial charge in [0.15, 0.2) is 12.4 Å². The number of ether oxygens (including phenoxy) is 5. The molecule has 10 nitrogen and oxygen atoms in total. The van der Waals surface area contributed by atoms with Gasteiger partial charge in [-0.1, -0.05) is 45.6 Å². The average molecular weight is 557 g/mol. The number of aliphatic hydroxyl groups is 2. The summed E-state index contributed by atoms with van der Waals surface area (Å²) < 4.78 is 28.0. The van der Waals surface area contributed by atoms with E-state index in [0.29, 0.717) is 17.8 Å². The maximum absolute atomic E-state index is 12.5. The van der Waals surface area contributed by atoms with Crippen LogP contribution in [0, 0.1) is 17.8 Å². The van der Waals surface area contributed by atoms with Crippen molar-refractivity contribution in [2.24, 2.45) is 17.8 Å². The van der Waals surface area contributed by atoms with Gasteiger partial charge in [-0.25, -0.2) is 9.59 Å². The first-order valence-electron chi connectivity index (χ1n) is 13.0. The standard InChI is InChI=1S/C30H36O10/c1-5-12-36-29(35)27-19(3)18(2)20(4)30(40-27)39-26-11-10-25(13-23(26)14-31)37-16-21-6-8-22(9-7-21)28(34)38-17-24(33)15-32/h5-11,13-14,18-20,24,27,30,32-33H,1,12,15-17H2,2-4H3/t18-,19+,20?,24+,27?,30+/m0/s1. The minimum absolute atomic E-state index is 0.0612. The highest BCUT2D eigenvalue weighted by molar-refractivity contribution is 5.89. The number of esters is 2. The molecule has 40 heavy (non-hydrogen) atoms. The van der Waals surface area contributed by atoms with E-state index in [9.17, 15) is 19.5 Å². The van der Waals surface area contributed by atoms with E-state index in [1.54, 1.807) is 42.5 Å². The second-order valence-corrected chi connectivity index (χ2v) is 9.78. The van der Waals surface area contributed by atoms with E-state index < -0.39 is 37.0 Å². The summed E-state index contributed by atoms with van der Waals surface area (Å²) in [6, 6.07) is 11.3. The Morgan fingerprint density at radius 1 is 1.05 bits per heavy atom. The number of hydrogen-bond acceptors (Lipinski definition) is 10. The number of aldehydes is 1. The van der Waals surface area contributed by atoms with Gasteiger partial charge in [-0.2, -0.15) is 0 Å². The minimum Gasteiger partial charge on any atom is -0.489 e. The third-order valence-electron chi connectivity index (χ3n) is 6.99. The monoisotopic (exact) mass is 556 g/mol. The van der Waals surface area contributed by atoms with Crippen LogP contribution in [0.5, 0.6) is 11.5 Å². The van der Waals surface area contributed by atoms with Gasteiger partial charge in [0.05, 0.1) is 17.7 Å². The van der Waals surface area contributed by atoms with Crippen LogP contribution in [0.4, 0.5) is 0 Å². The van der Waals surface area contributed by atoms with Crippen LogP contribution >= 0.6 is 0 Å². The first kappa shape index (κ1) is 30.8. The van der Waals surface area contributed by atoms with Crippen LogP contribution in [0.15, 0.2) is 55.1 Å². The van der Waals surface area contributed by atoms with Crippen molar-refractivity contribution >= 4 is 18.2 Å². The number of carbonyl (C=O) groups excluding carboxylic acids is 3. The Bertz CT molecular complexity index is 1160. The van der Waals surface area contributed by atoms with Crippen molar-refractivity contribution in [2.45, 2.75) is 45.9 Å². The van der Waals surface area contributed by atoms with Gasteiger partial charge < -0.3 is 33.9 Å². The molecule has 0 radical (unpaired) electrons. The Morgan fingerprint density at radius 2 is 1.77 bits per heavy atom. The highest BCUT2D eigenvalue weighted by Crippen LogP contribution is 2.37. The van der Waals surface area contributed by atoms with Crippen molar-refractivity contribution < 1.29 is 48.3 Å². The molecule has 1 aliphatic heterocycles. The van der Waals surface area contributed by atoms with Crippen molar-refractivity contribution in [3.63, 3.8) is 0 Å². The fraction of sp³-hybridized carbons (Fsp3) is 0.433. The second-order valence-electron chi connectivity index (χ2n) is 9.78. The molecular weight excluding hydrogens is 520 g/mol. The van der Waals surface area contributed by atoms with E-state index in [0.717, 1.165) is 5.56 Å². The molecule has 0 spiro atoms. The molecule has 0 bridgehead atoms. The largest absolute Gasteiger partial charge is 0.489 e. The first-order chi connectivity index (χ1) is 19.2. The summed E-state index contributed by atoms with van der Waals surface area (Å²) in [5.41, 5.74) is 1.31. The molecule has 1 fully saturated rings. The van der Waals surface area contributed by atoms with Crippen molar-refractivity contribution in [2.75, 3.05) is 19.8 Å². The summed E-state index contributed by atoms with van der Waals surface area (Å²) in [5, 5.41) is 18.1. The topological polar surface area (TPSA) is 138 Å². The molecule has 216 valence electrons. The summed E-state index contributed by atoms with van der Waals surface area (Å²) in [4.78, 5) is 36.4. The van der Waals surface area contributed by atoms with E-state index in [1.807, 2.05) is 20.8 Å². The number of aliphatic hydroxyl groups excluding tert-OH is 2. The number of carbonyl (C=O) groups is 3. The Morgan fingerprint density at radius 3 is 2.42 bits per heavy atom. The molecule has 10 heteroatoms. The average Bonchev–Trinajstić information content (AvgIpc) is 2.98. The molecule has 2 aromatic rings. The van der Waals surface area contributed by atoms with Crippen molar-refractivity contribution in [1.29, 1.82) is 0 Å². The fourth-order valence-electron chi connectivity index (χ4n) is 4.18. The number of benzene rings is 2. The van der Waals surface area contributed by atoms with Crippen LogP contribution < -0.4 is 9.47 Å². The Hall–Kier alpha value is -3.73. The molecule has 2 N–H and O–H groups in total. The predicted octanol–water partition coefficient (Wildman–Crippen LogP) is 3.33. The maximum atomic E-state index is 12.5. The normalized spacial score (nSPS) is 23.0. The van der Waals surface area contributed by atoms with Gasteiger partial charge >= 0.3 is 11.9 Å². The van der Waals surface area contributed by atoms with Crippen molar-refractivity contribution in [3.05, 3.63) is 71.8 Å². The molecular formula is C30H36O10. The van der Waals surface area contributed by atoms with Crippen LogP contribution in [-0.4, -0.2) is 66.8 Å². The van der Waals surface area contributed by atoms with Crippen LogP contribution in [0.1, 0.15) is 47.1 Å². The van der Waals surface area contributed by atoms with E-state index in [2.05, 4.69) is 6.58 Å². The molecule has 6 atom stereocenters. The molecule has 1 heterocycles. The summed E-state index contributed by atoms with van der Waals surface area (Å²) in [6.07, 6.45) is -0.551. The highest BCUT2D eigenvalue weighted by atomic mass is 16.7. The van der Waals surface area contributed by atoms with Crippen LogP contribution in [0.3, 0.4) is 0 Å². The van der Waals surface area contributed by atoms with Gasteiger partial charge in [0.25, 0.3) is 0 Å². The van der Waals surface area contributed by atoms with E-state index in [1.165, 1.54) is 6.08 Å². The lowest BCUT2D eigenvalue weighted by Gasteiger charge is -2.42. The van der Waals surface area contributed by atoms with Gasteiger partial charge in [-0.05, 0) is 47.7 Å². The number of hydrogen-bond donors (Lipinski definition) is 2. The predicted molar refractivity (Wildman–Crippen MR) is 144 cm³/mol. The summed E-state index contributed by atoms with van der Waals surface area (Å²) >= 11 is 0. The smallest absolute Gasteiger partial charge is 0.338 e. The molecule has 0 aromatic heterocycles. The second kappa shape index (κ2) is 14.6. The lowest BCUT2D eigenvalue weighted by molar-refractivity contribution is -0.222. The van der Waals surface area contributed by atoms with E-state index >= 15 is 0 Å². The molecule has 1 aliphatic rings. The SMILES string of the molecule is C=CCOC(=O)C1O[C@@H](Oc2ccc(OCc3ccc(C(=O)OC[C@H](O)CO)cc3)cc2C=O)C(C)[C@@H](C)[C@H]1C. The van der Waals surface area contributed by atoms with Crippen molar-refractivity contribution in [3.8, 4) is 11.5 Å². The lowest BCUT2D eigenvalue weighted by Crippen LogP contribution is -2.50. The van der Waals surface area contributed by atoms with Gasteiger partial charge in [-0.3, -0.25) is 4.79 Å².